The molecule has 18 heavy (non-hydrogen) atoms. The van der Waals surface area contributed by atoms with Gasteiger partial charge in [0, 0.05) is 12.4 Å². The van der Waals surface area contributed by atoms with Crippen molar-refractivity contribution in [1.29, 1.82) is 0 Å². The zero-order chi connectivity index (χ0) is 13.0. The van der Waals surface area contributed by atoms with Crippen LogP contribution in [0, 0.1) is 12.8 Å². The summed E-state index contributed by atoms with van der Waals surface area (Å²) in [6.07, 6.45) is 5.20. The Morgan fingerprint density at radius 1 is 1.22 bits per heavy atom. The summed E-state index contributed by atoms with van der Waals surface area (Å²) in [7, 11) is 0. The Morgan fingerprint density at radius 3 is 2.72 bits per heavy atom. The highest BCUT2D eigenvalue weighted by atomic mass is 15.0. The van der Waals surface area contributed by atoms with E-state index in [1.54, 1.807) is 12.4 Å². The summed E-state index contributed by atoms with van der Waals surface area (Å²) in [6.45, 7) is 8.05. The minimum atomic E-state index is 0.640. The largest absolute Gasteiger partial charge is 0.340 e. The van der Waals surface area contributed by atoms with Crippen molar-refractivity contribution in [3.63, 3.8) is 0 Å². The Balaban J connectivity index is 2.04. The minimum Gasteiger partial charge on any atom is -0.340 e. The number of nitrogens with zero attached hydrogens (tertiary/aromatic N) is 3. The van der Waals surface area contributed by atoms with Gasteiger partial charge in [0.2, 0.25) is 0 Å². The highest BCUT2D eigenvalue weighted by Gasteiger charge is 2.07. The van der Waals surface area contributed by atoms with Crippen LogP contribution in [-0.2, 0) is 6.54 Å². The Bertz CT molecular complexity index is 504. The van der Waals surface area contributed by atoms with Crippen LogP contribution >= 0.6 is 0 Å². The van der Waals surface area contributed by atoms with Crippen molar-refractivity contribution in [2.45, 2.75) is 27.3 Å². The highest BCUT2D eigenvalue weighted by molar-refractivity contribution is 5.55. The number of aryl methyl sites for hydroxylation is 1. The number of hydrogen-bond donors (Lipinski definition) is 2. The predicted octanol–water partition coefficient (Wildman–Crippen LogP) is 1.92. The van der Waals surface area contributed by atoms with Crippen molar-refractivity contribution in [2.24, 2.45) is 5.92 Å². The van der Waals surface area contributed by atoms with Crippen LogP contribution in [-0.4, -0.2) is 26.5 Å². The summed E-state index contributed by atoms with van der Waals surface area (Å²) in [5, 5.41) is 3.35. The average Bonchev–Trinajstić information content (AvgIpc) is 2.78. The van der Waals surface area contributed by atoms with Gasteiger partial charge in [-0.2, -0.15) is 0 Å². The topological polar surface area (TPSA) is 66.5 Å². The molecule has 0 unspecified atom stereocenters. The van der Waals surface area contributed by atoms with E-state index in [0.29, 0.717) is 5.92 Å². The Labute approximate surface area is 107 Å². The zero-order valence-corrected chi connectivity index (χ0v) is 11.1. The predicted molar refractivity (Wildman–Crippen MR) is 70.9 cm³/mol. The number of aromatic nitrogens is 4. The molecule has 0 saturated heterocycles. The highest BCUT2D eigenvalue weighted by Crippen LogP contribution is 2.16. The first-order chi connectivity index (χ1) is 8.66. The van der Waals surface area contributed by atoms with Crippen LogP contribution in [0.3, 0.4) is 0 Å². The van der Waals surface area contributed by atoms with Gasteiger partial charge >= 0.3 is 0 Å². The summed E-state index contributed by atoms with van der Waals surface area (Å²) in [4.78, 5) is 16.2. The molecule has 5 nitrogen and oxygen atoms in total. The Kier molecular flexibility index (Phi) is 4.04. The van der Waals surface area contributed by atoms with Gasteiger partial charge in [0.05, 0.1) is 24.1 Å². The summed E-state index contributed by atoms with van der Waals surface area (Å²) < 4.78 is 0. The van der Waals surface area contributed by atoms with Crippen molar-refractivity contribution < 1.29 is 0 Å². The minimum absolute atomic E-state index is 0.640. The molecule has 96 valence electrons. The molecule has 0 bridgehead atoms. The molecule has 0 aliphatic heterocycles. The fourth-order valence-electron chi connectivity index (χ4n) is 1.72. The molecule has 0 fully saturated rings. The van der Waals surface area contributed by atoms with Crippen LogP contribution in [0.2, 0.25) is 0 Å². The molecule has 0 radical (unpaired) electrons. The molecule has 0 aliphatic carbocycles. The number of nitrogens with one attached hydrogen (secondary N) is 2. The fraction of sp³-hybridized carbons (Fsp3) is 0.462. The smallest absolute Gasteiger partial charge is 0.120 e. The van der Waals surface area contributed by atoms with Crippen molar-refractivity contribution in [3.8, 4) is 11.4 Å². The molecule has 0 aromatic carbocycles. The normalized spacial score (nSPS) is 11.1. The van der Waals surface area contributed by atoms with Crippen LogP contribution in [0.1, 0.15) is 25.4 Å². The van der Waals surface area contributed by atoms with E-state index in [9.17, 15) is 0 Å². The number of hydrogen-bond acceptors (Lipinski definition) is 4. The average molecular weight is 245 g/mol. The molecule has 0 aliphatic rings. The molecular formula is C13H19N5. The van der Waals surface area contributed by atoms with Crippen LogP contribution in [0.4, 0.5) is 0 Å². The van der Waals surface area contributed by atoms with Gasteiger partial charge in [0.15, 0.2) is 0 Å². The van der Waals surface area contributed by atoms with Gasteiger partial charge in [-0.1, -0.05) is 13.8 Å². The molecule has 0 saturated carbocycles. The van der Waals surface area contributed by atoms with Crippen LogP contribution in [0.15, 0.2) is 18.6 Å². The lowest BCUT2D eigenvalue weighted by Crippen LogP contribution is -2.19. The van der Waals surface area contributed by atoms with Crippen LogP contribution < -0.4 is 5.32 Å². The lowest BCUT2D eigenvalue weighted by molar-refractivity contribution is 0.544. The second-order valence-electron chi connectivity index (χ2n) is 4.76. The SMILES string of the molecule is Cc1nccnc1-c1cnc(CNCC(C)C)[nH]1. The van der Waals surface area contributed by atoms with Gasteiger partial charge in [0.25, 0.3) is 0 Å². The van der Waals surface area contributed by atoms with E-state index in [2.05, 4.69) is 39.1 Å². The van der Waals surface area contributed by atoms with Gasteiger partial charge in [-0.25, -0.2) is 4.98 Å². The van der Waals surface area contributed by atoms with Crippen molar-refractivity contribution in [2.75, 3.05) is 6.54 Å². The summed E-state index contributed by atoms with van der Waals surface area (Å²) >= 11 is 0. The standard InChI is InChI=1S/C13H19N5/c1-9(2)6-14-8-12-17-7-11(18-12)13-10(3)15-4-5-16-13/h4-5,7,9,14H,6,8H2,1-3H3,(H,17,18). The van der Waals surface area contributed by atoms with E-state index in [0.717, 1.165) is 36.0 Å². The van der Waals surface area contributed by atoms with Crippen LogP contribution in [0.25, 0.3) is 11.4 Å². The second-order valence-corrected chi connectivity index (χ2v) is 4.76. The first-order valence-corrected chi connectivity index (χ1v) is 6.19. The summed E-state index contributed by atoms with van der Waals surface area (Å²) in [5.74, 6) is 1.57. The van der Waals surface area contributed by atoms with Gasteiger partial charge in [-0.15, -0.1) is 0 Å². The molecule has 2 heterocycles. The third kappa shape index (κ3) is 3.13. The Hall–Kier alpha value is -1.75. The zero-order valence-electron chi connectivity index (χ0n) is 11.1. The molecule has 0 amide bonds. The number of imidazole rings is 1. The molecule has 2 rings (SSSR count). The van der Waals surface area contributed by atoms with Crippen molar-refractivity contribution in [1.82, 2.24) is 25.3 Å². The van der Waals surface area contributed by atoms with Gasteiger partial charge < -0.3 is 10.3 Å². The third-order valence-electron chi connectivity index (χ3n) is 2.61. The van der Waals surface area contributed by atoms with Crippen LogP contribution in [0.5, 0.6) is 0 Å². The number of rotatable bonds is 5. The van der Waals surface area contributed by atoms with E-state index < -0.39 is 0 Å². The lowest BCUT2D eigenvalue weighted by atomic mass is 10.2. The molecular weight excluding hydrogens is 226 g/mol. The maximum Gasteiger partial charge on any atom is 0.120 e. The van der Waals surface area contributed by atoms with E-state index in [-0.39, 0.29) is 0 Å². The van der Waals surface area contributed by atoms with E-state index in [4.69, 9.17) is 0 Å². The quantitative estimate of drug-likeness (QED) is 0.844. The maximum absolute atomic E-state index is 4.34. The van der Waals surface area contributed by atoms with E-state index >= 15 is 0 Å². The van der Waals surface area contributed by atoms with Crippen molar-refractivity contribution in [3.05, 3.63) is 30.1 Å². The first-order valence-electron chi connectivity index (χ1n) is 6.19. The fourth-order valence-corrected chi connectivity index (χ4v) is 1.72. The maximum atomic E-state index is 4.34. The first kappa shape index (κ1) is 12.7. The molecule has 0 spiro atoms. The lowest BCUT2D eigenvalue weighted by Gasteiger charge is -2.05. The van der Waals surface area contributed by atoms with Crippen molar-refractivity contribution >= 4 is 0 Å². The number of H-pyrrole nitrogens is 1. The summed E-state index contributed by atoms with van der Waals surface area (Å²) in [6, 6.07) is 0. The second kappa shape index (κ2) is 5.73. The molecule has 5 heteroatoms. The third-order valence-corrected chi connectivity index (χ3v) is 2.61. The van der Waals surface area contributed by atoms with Gasteiger partial charge in [-0.05, 0) is 19.4 Å². The van der Waals surface area contributed by atoms with Gasteiger partial charge in [0.1, 0.15) is 11.5 Å². The molecule has 0 atom stereocenters. The molecule has 2 N–H and O–H groups in total. The van der Waals surface area contributed by atoms with E-state index in [1.165, 1.54) is 0 Å². The number of aromatic amines is 1. The monoisotopic (exact) mass is 245 g/mol. The Morgan fingerprint density at radius 2 is 2.00 bits per heavy atom. The van der Waals surface area contributed by atoms with E-state index in [1.807, 2.05) is 13.1 Å². The molecule has 2 aromatic heterocycles. The molecule has 2 aromatic rings. The summed E-state index contributed by atoms with van der Waals surface area (Å²) in [5.41, 5.74) is 2.69. The van der Waals surface area contributed by atoms with Gasteiger partial charge in [-0.3, -0.25) is 9.97 Å².